The number of para-hydroxylation sites is 1. The monoisotopic (exact) mass is 422 g/mol. The number of nitrogens with zero attached hydrogens (tertiary/aromatic N) is 2. The molecule has 0 spiro atoms. The number of hydrogen-bond donors (Lipinski definition) is 2. The minimum absolute atomic E-state index is 0.00882. The zero-order valence-corrected chi connectivity index (χ0v) is 18.5. The first-order valence-electron chi connectivity index (χ1n) is 9.69. The number of benzene rings is 2. The molecular formula is C23H26N4O2S. The molecule has 0 fully saturated rings. The SMILES string of the molecule is Cc1ccccc1NCc1ccc(C(=O)Nc2nc(C)c(CC(=O)N(C)C)s2)cc1. The second kappa shape index (κ2) is 9.54. The van der Waals surface area contributed by atoms with Crippen LogP contribution in [0.4, 0.5) is 10.8 Å². The molecule has 2 amide bonds. The normalized spacial score (nSPS) is 10.5. The van der Waals surface area contributed by atoms with E-state index < -0.39 is 0 Å². The number of likely N-dealkylation sites (N-methyl/N-ethyl adjacent to an activating group) is 1. The van der Waals surface area contributed by atoms with Crippen molar-refractivity contribution in [2.75, 3.05) is 24.7 Å². The quantitative estimate of drug-likeness (QED) is 0.597. The summed E-state index contributed by atoms with van der Waals surface area (Å²) in [6, 6.07) is 15.6. The molecule has 1 aromatic heterocycles. The molecule has 0 radical (unpaired) electrons. The van der Waals surface area contributed by atoms with E-state index in [4.69, 9.17) is 0 Å². The van der Waals surface area contributed by atoms with Gasteiger partial charge in [-0.1, -0.05) is 30.3 Å². The zero-order chi connectivity index (χ0) is 21.7. The molecule has 7 heteroatoms. The van der Waals surface area contributed by atoms with Gasteiger partial charge in [-0.25, -0.2) is 4.98 Å². The second-order valence-electron chi connectivity index (χ2n) is 7.31. The summed E-state index contributed by atoms with van der Waals surface area (Å²) in [6.07, 6.45) is 0.287. The first kappa shape index (κ1) is 21.5. The summed E-state index contributed by atoms with van der Waals surface area (Å²) in [4.78, 5) is 31.3. The summed E-state index contributed by atoms with van der Waals surface area (Å²) in [7, 11) is 3.45. The molecule has 3 aromatic rings. The smallest absolute Gasteiger partial charge is 0.257 e. The lowest BCUT2D eigenvalue weighted by Crippen LogP contribution is -2.23. The van der Waals surface area contributed by atoms with Crippen LogP contribution in [0.15, 0.2) is 48.5 Å². The fraction of sp³-hybridized carbons (Fsp3) is 0.261. The summed E-state index contributed by atoms with van der Waals surface area (Å²) in [5, 5.41) is 6.75. The maximum atomic E-state index is 12.6. The van der Waals surface area contributed by atoms with Gasteiger partial charge in [0.15, 0.2) is 5.13 Å². The average Bonchev–Trinajstić information content (AvgIpc) is 3.06. The van der Waals surface area contributed by atoms with Crippen LogP contribution in [0.25, 0.3) is 0 Å². The fourth-order valence-corrected chi connectivity index (χ4v) is 3.80. The molecule has 6 nitrogen and oxygen atoms in total. The predicted octanol–water partition coefficient (Wildman–Crippen LogP) is 4.26. The Bertz CT molecular complexity index is 1040. The van der Waals surface area contributed by atoms with Gasteiger partial charge < -0.3 is 10.2 Å². The van der Waals surface area contributed by atoms with Crippen LogP contribution >= 0.6 is 11.3 Å². The number of aryl methyl sites for hydroxylation is 2. The Morgan fingerprint density at radius 3 is 2.40 bits per heavy atom. The van der Waals surface area contributed by atoms with Crippen molar-refractivity contribution in [2.24, 2.45) is 0 Å². The summed E-state index contributed by atoms with van der Waals surface area (Å²) >= 11 is 1.34. The second-order valence-corrected chi connectivity index (χ2v) is 8.40. The Kier molecular flexibility index (Phi) is 6.84. The van der Waals surface area contributed by atoms with Gasteiger partial charge in [0.05, 0.1) is 12.1 Å². The number of carbonyl (C=O) groups is 2. The molecular weight excluding hydrogens is 396 g/mol. The Balaban J connectivity index is 1.60. The maximum absolute atomic E-state index is 12.6. The molecule has 0 atom stereocenters. The zero-order valence-electron chi connectivity index (χ0n) is 17.7. The molecule has 1 heterocycles. The van der Waals surface area contributed by atoms with Gasteiger partial charge in [0.2, 0.25) is 5.91 Å². The van der Waals surface area contributed by atoms with Crippen molar-refractivity contribution in [3.05, 3.63) is 75.8 Å². The van der Waals surface area contributed by atoms with Gasteiger partial charge in [0, 0.05) is 36.8 Å². The van der Waals surface area contributed by atoms with Gasteiger partial charge in [-0.15, -0.1) is 11.3 Å². The van der Waals surface area contributed by atoms with E-state index in [9.17, 15) is 9.59 Å². The highest BCUT2D eigenvalue weighted by atomic mass is 32.1. The number of rotatable bonds is 7. The highest BCUT2D eigenvalue weighted by Crippen LogP contribution is 2.24. The lowest BCUT2D eigenvalue weighted by molar-refractivity contribution is -0.127. The van der Waals surface area contributed by atoms with E-state index in [0.717, 1.165) is 21.8 Å². The average molecular weight is 423 g/mol. The third-order valence-electron chi connectivity index (χ3n) is 4.77. The highest BCUT2D eigenvalue weighted by molar-refractivity contribution is 7.16. The van der Waals surface area contributed by atoms with Crippen LogP contribution in [-0.2, 0) is 17.8 Å². The van der Waals surface area contributed by atoms with E-state index in [1.165, 1.54) is 16.9 Å². The van der Waals surface area contributed by atoms with Gasteiger partial charge in [0.25, 0.3) is 5.91 Å². The van der Waals surface area contributed by atoms with Crippen LogP contribution in [0.1, 0.15) is 32.1 Å². The summed E-state index contributed by atoms with van der Waals surface area (Å²) in [6.45, 7) is 4.60. The number of hydrogen-bond acceptors (Lipinski definition) is 5. The van der Waals surface area contributed by atoms with Crippen molar-refractivity contribution in [1.29, 1.82) is 0 Å². The Labute approximate surface area is 181 Å². The number of nitrogens with one attached hydrogen (secondary N) is 2. The Morgan fingerprint density at radius 2 is 1.73 bits per heavy atom. The van der Waals surface area contributed by atoms with Crippen LogP contribution < -0.4 is 10.6 Å². The Morgan fingerprint density at radius 1 is 1.03 bits per heavy atom. The van der Waals surface area contributed by atoms with Crippen molar-refractivity contribution in [1.82, 2.24) is 9.88 Å². The molecule has 0 saturated heterocycles. The molecule has 156 valence electrons. The van der Waals surface area contributed by atoms with Gasteiger partial charge in [-0.2, -0.15) is 0 Å². The van der Waals surface area contributed by atoms with Crippen LogP contribution in [0.2, 0.25) is 0 Å². The molecule has 0 bridgehead atoms. The van der Waals surface area contributed by atoms with Crippen molar-refractivity contribution in [3.63, 3.8) is 0 Å². The van der Waals surface area contributed by atoms with Crippen LogP contribution in [0.3, 0.4) is 0 Å². The largest absolute Gasteiger partial charge is 0.381 e. The third kappa shape index (κ3) is 5.45. The first-order valence-corrected chi connectivity index (χ1v) is 10.5. The number of thiazole rings is 1. The number of amides is 2. The van der Waals surface area contributed by atoms with Crippen LogP contribution in [0.5, 0.6) is 0 Å². The molecule has 0 aliphatic carbocycles. The van der Waals surface area contributed by atoms with Crippen molar-refractivity contribution >= 4 is 34.0 Å². The number of aromatic nitrogens is 1. The highest BCUT2D eigenvalue weighted by Gasteiger charge is 2.15. The molecule has 0 aliphatic heterocycles. The van der Waals surface area contributed by atoms with Crippen molar-refractivity contribution in [2.45, 2.75) is 26.8 Å². The van der Waals surface area contributed by atoms with E-state index >= 15 is 0 Å². The lowest BCUT2D eigenvalue weighted by atomic mass is 10.1. The lowest BCUT2D eigenvalue weighted by Gasteiger charge is -2.10. The van der Waals surface area contributed by atoms with E-state index in [1.807, 2.05) is 37.3 Å². The minimum atomic E-state index is -0.215. The molecule has 0 unspecified atom stereocenters. The fourth-order valence-electron chi connectivity index (χ4n) is 2.85. The summed E-state index contributed by atoms with van der Waals surface area (Å²) in [5.41, 5.74) is 4.71. The third-order valence-corrected chi connectivity index (χ3v) is 5.84. The van der Waals surface area contributed by atoms with E-state index in [-0.39, 0.29) is 18.2 Å². The van der Waals surface area contributed by atoms with Gasteiger partial charge in [0.1, 0.15) is 0 Å². The topological polar surface area (TPSA) is 74.3 Å². The maximum Gasteiger partial charge on any atom is 0.257 e. The summed E-state index contributed by atoms with van der Waals surface area (Å²) < 4.78 is 0. The molecule has 2 aromatic carbocycles. The Hall–Kier alpha value is -3.19. The van der Waals surface area contributed by atoms with Crippen LogP contribution in [-0.4, -0.2) is 35.8 Å². The number of carbonyl (C=O) groups excluding carboxylic acids is 2. The van der Waals surface area contributed by atoms with E-state index in [0.29, 0.717) is 17.2 Å². The van der Waals surface area contributed by atoms with E-state index in [1.54, 1.807) is 31.1 Å². The van der Waals surface area contributed by atoms with Crippen molar-refractivity contribution in [3.8, 4) is 0 Å². The molecule has 0 saturated carbocycles. The summed E-state index contributed by atoms with van der Waals surface area (Å²) in [5.74, 6) is -0.206. The van der Waals surface area contributed by atoms with Crippen molar-refractivity contribution < 1.29 is 9.59 Å². The van der Waals surface area contributed by atoms with E-state index in [2.05, 4.69) is 28.6 Å². The predicted molar refractivity (Wildman–Crippen MR) is 122 cm³/mol. The molecule has 2 N–H and O–H groups in total. The molecule has 3 rings (SSSR count). The first-order chi connectivity index (χ1) is 14.3. The standard InChI is InChI=1S/C23H26N4O2S/c1-15-7-5-6-8-19(15)24-14-17-9-11-18(12-10-17)22(29)26-23-25-16(2)20(30-23)13-21(28)27(3)4/h5-12,24H,13-14H2,1-4H3,(H,25,26,29). The van der Waals surface area contributed by atoms with Crippen LogP contribution in [0, 0.1) is 13.8 Å². The molecule has 0 aliphatic rings. The van der Waals surface area contributed by atoms with Gasteiger partial charge in [-0.05, 0) is 43.2 Å². The minimum Gasteiger partial charge on any atom is -0.381 e. The molecule has 30 heavy (non-hydrogen) atoms. The van der Waals surface area contributed by atoms with Gasteiger partial charge in [-0.3, -0.25) is 14.9 Å². The number of anilines is 2. The van der Waals surface area contributed by atoms with Gasteiger partial charge >= 0.3 is 0 Å².